The molecule has 1 aliphatic rings. The number of urea groups is 1. The summed E-state index contributed by atoms with van der Waals surface area (Å²) in [6.07, 6.45) is 0.945. The average molecular weight is 479 g/mol. The van der Waals surface area contributed by atoms with Gasteiger partial charge in [-0.25, -0.2) is 4.79 Å². The SMILES string of the molecule is CC(=O)N(C)C1CCN(c2ccc(NC(=O)Nc3ccc(Oc4ccccc4Cl)cc3)cc2)C1. The zero-order valence-electron chi connectivity index (χ0n) is 19.1. The predicted octanol–water partition coefficient (Wildman–Crippen LogP) is 5.83. The van der Waals surface area contributed by atoms with Crippen molar-refractivity contribution in [1.29, 1.82) is 0 Å². The number of hydrogen-bond acceptors (Lipinski definition) is 4. The fourth-order valence-electron chi connectivity index (χ4n) is 3.86. The lowest BCUT2D eigenvalue weighted by molar-refractivity contribution is -0.129. The zero-order valence-corrected chi connectivity index (χ0v) is 19.9. The molecule has 3 aromatic rings. The highest BCUT2D eigenvalue weighted by Crippen LogP contribution is 2.29. The molecule has 7 nitrogen and oxygen atoms in total. The van der Waals surface area contributed by atoms with E-state index >= 15 is 0 Å². The van der Waals surface area contributed by atoms with E-state index in [4.69, 9.17) is 16.3 Å². The lowest BCUT2D eigenvalue weighted by atomic mass is 10.2. The Balaban J connectivity index is 1.29. The van der Waals surface area contributed by atoms with Crippen LogP contribution in [0.25, 0.3) is 0 Å². The van der Waals surface area contributed by atoms with Crippen molar-refractivity contribution in [2.24, 2.45) is 0 Å². The summed E-state index contributed by atoms with van der Waals surface area (Å²) in [5, 5.41) is 6.18. The topological polar surface area (TPSA) is 73.9 Å². The summed E-state index contributed by atoms with van der Waals surface area (Å²) in [5.74, 6) is 1.27. The van der Waals surface area contributed by atoms with E-state index in [1.165, 1.54) is 0 Å². The Hall–Kier alpha value is -3.71. The van der Waals surface area contributed by atoms with Gasteiger partial charge in [-0.15, -0.1) is 0 Å². The minimum Gasteiger partial charge on any atom is -0.456 e. The maximum atomic E-state index is 12.4. The fraction of sp³-hybridized carbons (Fsp3) is 0.231. The maximum absolute atomic E-state index is 12.4. The molecule has 0 saturated carbocycles. The average Bonchev–Trinajstić information content (AvgIpc) is 3.32. The summed E-state index contributed by atoms with van der Waals surface area (Å²) >= 11 is 6.12. The standard InChI is InChI=1S/C26H27ClN4O3/c1-18(32)30(2)22-15-16-31(17-22)21-11-7-19(8-12-21)28-26(33)29-20-9-13-23(14-10-20)34-25-6-4-3-5-24(25)27/h3-14,22H,15-17H2,1-2H3,(H2,28,29,33). The number of nitrogens with zero attached hydrogens (tertiary/aromatic N) is 2. The van der Waals surface area contributed by atoms with Gasteiger partial charge in [-0.3, -0.25) is 4.79 Å². The summed E-state index contributed by atoms with van der Waals surface area (Å²) in [6, 6.07) is 21.9. The molecule has 34 heavy (non-hydrogen) atoms. The number of benzene rings is 3. The van der Waals surface area contributed by atoms with E-state index in [0.717, 1.165) is 25.2 Å². The van der Waals surface area contributed by atoms with E-state index in [0.29, 0.717) is 27.9 Å². The molecule has 1 aliphatic heterocycles. The highest BCUT2D eigenvalue weighted by atomic mass is 35.5. The van der Waals surface area contributed by atoms with Gasteiger partial charge in [0.15, 0.2) is 0 Å². The number of ether oxygens (including phenoxy) is 1. The molecule has 0 spiro atoms. The number of hydrogen-bond donors (Lipinski definition) is 2. The van der Waals surface area contributed by atoms with Crippen LogP contribution in [0.4, 0.5) is 21.9 Å². The number of likely N-dealkylation sites (N-methyl/N-ethyl adjacent to an activating group) is 1. The Labute approximate surface area is 204 Å². The molecule has 0 aliphatic carbocycles. The number of nitrogens with one attached hydrogen (secondary N) is 2. The molecule has 8 heteroatoms. The van der Waals surface area contributed by atoms with Crippen LogP contribution in [0.1, 0.15) is 13.3 Å². The van der Waals surface area contributed by atoms with Crippen molar-refractivity contribution in [3.8, 4) is 11.5 Å². The number of carbonyl (C=O) groups is 2. The van der Waals surface area contributed by atoms with E-state index in [9.17, 15) is 9.59 Å². The molecule has 176 valence electrons. The molecular weight excluding hydrogens is 452 g/mol. The van der Waals surface area contributed by atoms with Crippen LogP contribution in [0.15, 0.2) is 72.8 Å². The molecule has 3 amide bonds. The lowest BCUT2D eigenvalue weighted by Crippen LogP contribution is -2.37. The molecule has 1 atom stereocenters. The number of halogens is 1. The van der Waals surface area contributed by atoms with Gasteiger partial charge in [0.2, 0.25) is 5.91 Å². The monoisotopic (exact) mass is 478 g/mol. The van der Waals surface area contributed by atoms with Gasteiger partial charge in [0.25, 0.3) is 0 Å². The van der Waals surface area contributed by atoms with Crippen LogP contribution in [0.3, 0.4) is 0 Å². The Bertz CT molecular complexity index is 1150. The smallest absolute Gasteiger partial charge is 0.323 e. The van der Waals surface area contributed by atoms with Crippen molar-refractivity contribution in [2.45, 2.75) is 19.4 Å². The molecule has 1 saturated heterocycles. The molecule has 0 bridgehead atoms. The first-order valence-electron chi connectivity index (χ1n) is 11.1. The van der Waals surface area contributed by atoms with Crippen LogP contribution in [0.2, 0.25) is 5.02 Å². The van der Waals surface area contributed by atoms with Crippen molar-refractivity contribution < 1.29 is 14.3 Å². The second kappa shape index (κ2) is 10.5. The quantitative estimate of drug-likeness (QED) is 0.467. The Kier molecular flexibility index (Phi) is 7.23. The second-order valence-electron chi connectivity index (χ2n) is 8.20. The Morgan fingerprint density at radius 1 is 0.971 bits per heavy atom. The third-order valence-electron chi connectivity index (χ3n) is 5.87. The van der Waals surface area contributed by atoms with E-state index in [1.54, 1.807) is 48.2 Å². The fourth-order valence-corrected chi connectivity index (χ4v) is 4.03. The predicted molar refractivity (Wildman–Crippen MR) is 136 cm³/mol. The minimum atomic E-state index is -0.336. The Morgan fingerprint density at radius 3 is 2.21 bits per heavy atom. The van der Waals surface area contributed by atoms with Gasteiger partial charge in [0.1, 0.15) is 11.5 Å². The van der Waals surface area contributed by atoms with Crippen LogP contribution in [-0.2, 0) is 4.79 Å². The summed E-state index contributed by atoms with van der Waals surface area (Å²) in [7, 11) is 1.85. The van der Waals surface area contributed by atoms with Crippen LogP contribution in [0, 0.1) is 0 Å². The van der Waals surface area contributed by atoms with Crippen LogP contribution in [0.5, 0.6) is 11.5 Å². The van der Waals surface area contributed by atoms with Crippen molar-refractivity contribution in [3.05, 3.63) is 77.8 Å². The molecule has 2 N–H and O–H groups in total. The first kappa shape index (κ1) is 23.4. The van der Waals surface area contributed by atoms with Gasteiger partial charge in [0, 0.05) is 44.1 Å². The molecule has 1 heterocycles. The van der Waals surface area contributed by atoms with Gasteiger partial charge in [-0.05, 0) is 67.1 Å². The number of amides is 3. The molecule has 1 fully saturated rings. The van der Waals surface area contributed by atoms with Crippen molar-refractivity contribution >= 4 is 40.6 Å². The summed E-state index contributed by atoms with van der Waals surface area (Å²) in [6.45, 7) is 3.29. The van der Waals surface area contributed by atoms with Crippen LogP contribution in [-0.4, -0.2) is 43.0 Å². The van der Waals surface area contributed by atoms with Gasteiger partial charge < -0.3 is 25.2 Å². The lowest BCUT2D eigenvalue weighted by Gasteiger charge is -2.24. The van der Waals surface area contributed by atoms with E-state index < -0.39 is 0 Å². The summed E-state index contributed by atoms with van der Waals surface area (Å²) in [4.78, 5) is 28.1. The van der Waals surface area contributed by atoms with Crippen molar-refractivity contribution in [2.75, 3.05) is 35.7 Å². The number of anilines is 3. The van der Waals surface area contributed by atoms with Crippen LogP contribution < -0.4 is 20.3 Å². The Morgan fingerprint density at radius 2 is 1.59 bits per heavy atom. The van der Waals surface area contributed by atoms with Gasteiger partial charge in [-0.2, -0.15) is 0 Å². The second-order valence-corrected chi connectivity index (χ2v) is 8.61. The molecule has 0 radical (unpaired) electrons. The van der Waals surface area contributed by atoms with Crippen molar-refractivity contribution in [3.63, 3.8) is 0 Å². The van der Waals surface area contributed by atoms with E-state index in [2.05, 4.69) is 15.5 Å². The van der Waals surface area contributed by atoms with Gasteiger partial charge >= 0.3 is 6.03 Å². The highest BCUT2D eigenvalue weighted by Gasteiger charge is 2.27. The third-order valence-corrected chi connectivity index (χ3v) is 6.19. The van der Waals surface area contributed by atoms with E-state index in [1.807, 2.05) is 43.4 Å². The number of para-hydroxylation sites is 1. The van der Waals surface area contributed by atoms with Crippen molar-refractivity contribution in [1.82, 2.24) is 4.90 Å². The maximum Gasteiger partial charge on any atom is 0.323 e. The molecule has 4 rings (SSSR count). The minimum absolute atomic E-state index is 0.0835. The van der Waals surface area contributed by atoms with E-state index in [-0.39, 0.29) is 18.0 Å². The zero-order chi connectivity index (χ0) is 24.1. The molecular formula is C26H27ClN4O3. The summed E-state index contributed by atoms with van der Waals surface area (Å²) in [5.41, 5.74) is 2.40. The molecule has 1 unspecified atom stereocenters. The molecule has 3 aromatic carbocycles. The number of carbonyl (C=O) groups excluding carboxylic acids is 2. The first-order chi connectivity index (χ1) is 16.4. The first-order valence-corrected chi connectivity index (χ1v) is 11.5. The largest absolute Gasteiger partial charge is 0.456 e. The third kappa shape index (κ3) is 5.80. The van der Waals surface area contributed by atoms with Gasteiger partial charge in [-0.1, -0.05) is 23.7 Å². The van der Waals surface area contributed by atoms with Gasteiger partial charge in [0.05, 0.1) is 11.1 Å². The highest BCUT2D eigenvalue weighted by molar-refractivity contribution is 6.32. The summed E-state index contributed by atoms with van der Waals surface area (Å²) < 4.78 is 5.77. The number of rotatable bonds is 6. The normalized spacial score (nSPS) is 15.0. The van der Waals surface area contributed by atoms with Crippen LogP contribution >= 0.6 is 11.6 Å². The molecule has 0 aromatic heterocycles.